The second-order valence-corrected chi connectivity index (χ2v) is 4.15. The van der Waals surface area contributed by atoms with Gasteiger partial charge in [-0.15, -0.1) is 0 Å². The molecule has 2 rings (SSSR count). The van der Waals surface area contributed by atoms with E-state index in [1.165, 1.54) is 0 Å². The fourth-order valence-electron chi connectivity index (χ4n) is 2.06. The van der Waals surface area contributed by atoms with Crippen LogP contribution in [-0.4, -0.2) is 11.5 Å². The van der Waals surface area contributed by atoms with Crippen molar-refractivity contribution in [2.75, 3.05) is 6.54 Å². The molecule has 3 N–H and O–H groups in total. The Morgan fingerprint density at radius 3 is 2.75 bits per heavy atom. The lowest BCUT2D eigenvalue weighted by atomic mass is 10.0. The Labute approximate surface area is 94.3 Å². The summed E-state index contributed by atoms with van der Waals surface area (Å²) in [6.07, 6.45) is 0.630. The molecule has 0 fully saturated rings. The Morgan fingerprint density at radius 2 is 2.06 bits per heavy atom. The second kappa shape index (κ2) is 4.10. The van der Waals surface area contributed by atoms with E-state index in [9.17, 15) is 4.79 Å². The largest absolute Gasteiger partial charge is 0.330 e. The molecule has 0 amide bonds. The molecule has 3 heteroatoms. The molecule has 16 heavy (non-hydrogen) atoms. The lowest BCUT2D eigenvalue weighted by Gasteiger charge is -2.08. The molecule has 0 aliphatic carbocycles. The van der Waals surface area contributed by atoms with Gasteiger partial charge in [-0.05, 0) is 44.0 Å². The molecule has 0 saturated carbocycles. The number of nitrogens with one attached hydrogen (secondary N) is 1. The van der Waals surface area contributed by atoms with Gasteiger partial charge in [0.1, 0.15) is 0 Å². The molecule has 1 aromatic carbocycles. The molecule has 1 heterocycles. The topological polar surface area (TPSA) is 58.9 Å². The monoisotopic (exact) mass is 216 g/mol. The van der Waals surface area contributed by atoms with Gasteiger partial charge in [-0.3, -0.25) is 4.79 Å². The van der Waals surface area contributed by atoms with Gasteiger partial charge in [0.15, 0.2) is 0 Å². The predicted molar refractivity (Wildman–Crippen MR) is 66.8 cm³/mol. The summed E-state index contributed by atoms with van der Waals surface area (Å²) in [5.74, 6) is 0. The van der Waals surface area contributed by atoms with Crippen LogP contribution in [0.2, 0.25) is 0 Å². The van der Waals surface area contributed by atoms with E-state index in [0.717, 1.165) is 27.6 Å². The number of aromatic amines is 1. The molecule has 0 aliphatic rings. The van der Waals surface area contributed by atoms with Crippen LogP contribution in [0.15, 0.2) is 23.0 Å². The molecule has 0 unspecified atom stereocenters. The lowest BCUT2D eigenvalue weighted by molar-refractivity contribution is 0.938. The van der Waals surface area contributed by atoms with E-state index in [1.807, 2.05) is 19.9 Å². The first-order valence-corrected chi connectivity index (χ1v) is 5.45. The summed E-state index contributed by atoms with van der Waals surface area (Å²) >= 11 is 0. The van der Waals surface area contributed by atoms with Crippen molar-refractivity contribution in [3.05, 3.63) is 45.2 Å². The van der Waals surface area contributed by atoms with Crippen LogP contribution in [0.5, 0.6) is 0 Å². The molecule has 84 valence electrons. The third-order valence-electron chi connectivity index (χ3n) is 2.95. The van der Waals surface area contributed by atoms with Crippen LogP contribution < -0.4 is 11.3 Å². The van der Waals surface area contributed by atoms with Gasteiger partial charge in [0, 0.05) is 16.5 Å². The quantitative estimate of drug-likeness (QED) is 0.801. The van der Waals surface area contributed by atoms with Crippen molar-refractivity contribution >= 4 is 10.9 Å². The third-order valence-corrected chi connectivity index (χ3v) is 2.95. The van der Waals surface area contributed by atoms with Gasteiger partial charge in [0.25, 0.3) is 5.56 Å². The zero-order chi connectivity index (χ0) is 11.7. The Morgan fingerprint density at radius 1 is 1.31 bits per heavy atom. The van der Waals surface area contributed by atoms with Crippen LogP contribution in [0, 0.1) is 13.8 Å². The standard InChI is InChI=1S/C13H16N2O/c1-8-3-4-10-9(2)11(5-6-14)13(16)15-12(10)7-8/h3-4,7H,5-6,14H2,1-2H3,(H,15,16). The third kappa shape index (κ3) is 1.74. The van der Waals surface area contributed by atoms with Crippen molar-refractivity contribution in [3.63, 3.8) is 0 Å². The highest BCUT2D eigenvalue weighted by molar-refractivity contribution is 5.83. The molecule has 0 spiro atoms. The average molecular weight is 216 g/mol. The van der Waals surface area contributed by atoms with Crippen LogP contribution in [0.4, 0.5) is 0 Å². The Hall–Kier alpha value is -1.61. The molecular formula is C13H16N2O. The van der Waals surface area contributed by atoms with Gasteiger partial charge >= 0.3 is 0 Å². The van der Waals surface area contributed by atoms with E-state index in [4.69, 9.17) is 5.73 Å². The number of H-pyrrole nitrogens is 1. The number of benzene rings is 1. The summed E-state index contributed by atoms with van der Waals surface area (Å²) in [7, 11) is 0. The zero-order valence-electron chi connectivity index (χ0n) is 9.63. The van der Waals surface area contributed by atoms with Crippen molar-refractivity contribution in [1.29, 1.82) is 0 Å². The highest BCUT2D eigenvalue weighted by Crippen LogP contribution is 2.18. The summed E-state index contributed by atoms with van der Waals surface area (Å²) in [5, 5.41) is 1.11. The smallest absolute Gasteiger partial charge is 0.251 e. The number of aromatic nitrogens is 1. The SMILES string of the molecule is Cc1ccc2c(C)c(CCN)c(=O)[nH]c2c1. The average Bonchev–Trinajstić information content (AvgIpc) is 2.23. The van der Waals surface area contributed by atoms with Crippen LogP contribution in [-0.2, 0) is 6.42 Å². The van der Waals surface area contributed by atoms with E-state index in [2.05, 4.69) is 17.1 Å². The maximum atomic E-state index is 11.8. The van der Waals surface area contributed by atoms with Crippen LogP contribution in [0.3, 0.4) is 0 Å². The Bertz CT molecular complexity index is 584. The van der Waals surface area contributed by atoms with Gasteiger partial charge < -0.3 is 10.7 Å². The maximum absolute atomic E-state index is 11.8. The summed E-state index contributed by atoms with van der Waals surface area (Å²) in [6.45, 7) is 4.50. The first-order valence-electron chi connectivity index (χ1n) is 5.45. The molecule has 1 aromatic heterocycles. The van der Waals surface area contributed by atoms with Crippen LogP contribution in [0.1, 0.15) is 16.7 Å². The summed E-state index contributed by atoms with van der Waals surface area (Å²) < 4.78 is 0. The molecule has 0 atom stereocenters. The first-order chi connectivity index (χ1) is 7.63. The molecule has 0 saturated heterocycles. The van der Waals surface area contributed by atoms with Gasteiger partial charge in [-0.25, -0.2) is 0 Å². The number of rotatable bonds is 2. The Balaban J connectivity index is 2.78. The first kappa shape index (κ1) is 10.9. The molecule has 0 bridgehead atoms. The Kier molecular flexibility index (Phi) is 2.79. The fraction of sp³-hybridized carbons (Fsp3) is 0.308. The van der Waals surface area contributed by atoms with E-state index in [1.54, 1.807) is 0 Å². The number of hydrogen-bond donors (Lipinski definition) is 2. The van der Waals surface area contributed by atoms with E-state index in [0.29, 0.717) is 13.0 Å². The zero-order valence-corrected chi connectivity index (χ0v) is 9.63. The van der Waals surface area contributed by atoms with E-state index in [-0.39, 0.29) is 5.56 Å². The maximum Gasteiger partial charge on any atom is 0.251 e. The van der Waals surface area contributed by atoms with E-state index >= 15 is 0 Å². The predicted octanol–water partition coefficient (Wildman–Crippen LogP) is 1.65. The van der Waals surface area contributed by atoms with E-state index < -0.39 is 0 Å². The molecule has 2 aromatic rings. The van der Waals surface area contributed by atoms with Gasteiger partial charge in [0.2, 0.25) is 0 Å². The molecule has 0 radical (unpaired) electrons. The van der Waals surface area contributed by atoms with Crippen molar-refractivity contribution in [2.24, 2.45) is 5.73 Å². The second-order valence-electron chi connectivity index (χ2n) is 4.15. The highest BCUT2D eigenvalue weighted by atomic mass is 16.1. The summed E-state index contributed by atoms with van der Waals surface area (Å²) in [5.41, 5.74) is 9.40. The van der Waals surface area contributed by atoms with Crippen molar-refractivity contribution < 1.29 is 0 Å². The normalized spacial score (nSPS) is 10.9. The van der Waals surface area contributed by atoms with Crippen molar-refractivity contribution in [2.45, 2.75) is 20.3 Å². The number of nitrogens with two attached hydrogens (primary N) is 1. The number of hydrogen-bond acceptors (Lipinski definition) is 2. The van der Waals surface area contributed by atoms with Gasteiger partial charge in [-0.1, -0.05) is 12.1 Å². The number of fused-ring (bicyclic) bond motifs is 1. The van der Waals surface area contributed by atoms with Crippen LogP contribution in [0.25, 0.3) is 10.9 Å². The number of aryl methyl sites for hydroxylation is 2. The molecule has 3 nitrogen and oxygen atoms in total. The minimum atomic E-state index is -0.0129. The fourth-order valence-corrected chi connectivity index (χ4v) is 2.06. The highest BCUT2D eigenvalue weighted by Gasteiger charge is 2.07. The summed E-state index contributed by atoms with van der Waals surface area (Å²) in [4.78, 5) is 14.8. The minimum absolute atomic E-state index is 0.0129. The van der Waals surface area contributed by atoms with Crippen molar-refractivity contribution in [1.82, 2.24) is 4.98 Å². The minimum Gasteiger partial charge on any atom is -0.330 e. The van der Waals surface area contributed by atoms with Crippen molar-refractivity contribution in [3.8, 4) is 0 Å². The van der Waals surface area contributed by atoms with Gasteiger partial charge in [-0.2, -0.15) is 0 Å². The molecular weight excluding hydrogens is 200 g/mol. The summed E-state index contributed by atoms with van der Waals surface area (Å²) in [6, 6.07) is 6.10. The number of pyridine rings is 1. The lowest BCUT2D eigenvalue weighted by Crippen LogP contribution is -2.18. The molecule has 0 aliphatic heterocycles. The van der Waals surface area contributed by atoms with Gasteiger partial charge in [0.05, 0.1) is 0 Å². The van der Waals surface area contributed by atoms with Crippen LogP contribution >= 0.6 is 0 Å².